The van der Waals surface area contributed by atoms with Gasteiger partial charge in [-0.3, -0.25) is 0 Å². The van der Waals surface area contributed by atoms with Crippen LogP contribution in [0.3, 0.4) is 0 Å². The van der Waals surface area contributed by atoms with Gasteiger partial charge in [-0.1, -0.05) is 6.07 Å². The van der Waals surface area contributed by atoms with E-state index in [2.05, 4.69) is 15.9 Å². The molecule has 0 heterocycles. The van der Waals surface area contributed by atoms with Gasteiger partial charge in [-0.25, -0.2) is 8.42 Å². The normalized spacial score (nSPS) is 15.5. The van der Waals surface area contributed by atoms with E-state index in [0.717, 1.165) is 18.4 Å². The van der Waals surface area contributed by atoms with Crippen LogP contribution in [0.4, 0.5) is 0 Å². The van der Waals surface area contributed by atoms with Crippen LogP contribution in [0.1, 0.15) is 24.8 Å². The number of aryl methyl sites for hydroxylation is 1. The van der Waals surface area contributed by atoms with Crippen molar-refractivity contribution >= 4 is 26.0 Å². The van der Waals surface area contributed by atoms with Crippen LogP contribution < -0.4 is 0 Å². The molecule has 1 aliphatic rings. The highest BCUT2D eigenvalue weighted by molar-refractivity contribution is 9.10. The van der Waals surface area contributed by atoms with Gasteiger partial charge in [0.2, 0.25) is 10.0 Å². The third kappa shape index (κ3) is 3.16. The lowest BCUT2D eigenvalue weighted by Crippen LogP contribution is -2.34. The number of halogens is 1. The molecule has 4 nitrogen and oxygen atoms in total. The van der Waals surface area contributed by atoms with Crippen LogP contribution >= 0.6 is 15.9 Å². The highest BCUT2D eigenvalue weighted by Gasteiger charge is 2.38. The first kappa shape index (κ1) is 14.5. The Morgan fingerprint density at radius 3 is 2.68 bits per heavy atom. The number of nitriles is 1. The van der Waals surface area contributed by atoms with E-state index in [9.17, 15) is 8.42 Å². The Kier molecular flexibility index (Phi) is 4.29. The summed E-state index contributed by atoms with van der Waals surface area (Å²) in [4.78, 5) is 0.280. The van der Waals surface area contributed by atoms with Gasteiger partial charge < -0.3 is 0 Å². The molecule has 0 bridgehead atoms. The smallest absolute Gasteiger partial charge is 0.207 e. The second kappa shape index (κ2) is 5.61. The Labute approximate surface area is 122 Å². The first-order valence-electron chi connectivity index (χ1n) is 6.12. The summed E-state index contributed by atoms with van der Waals surface area (Å²) in [5.74, 6) is 0. The summed E-state index contributed by atoms with van der Waals surface area (Å²) in [5, 5.41) is 8.66. The van der Waals surface area contributed by atoms with E-state index in [1.807, 2.05) is 13.0 Å². The Balaban J connectivity index is 2.36. The third-order valence-electron chi connectivity index (χ3n) is 3.07. The molecule has 0 aromatic heterocycles. The maximum Gasteiger partial charge on any atom is 0.244 e. The monoisotopic (exact) mass is 342 g/mol. The van der Waals surface area contributed by atoms with E-state index < -0.39 is 10.0 Å². The first-order chi connectivity index (χ1) is 8.96. The fourth-order valence-corrected chi connectivity index (χ4v) is 4.80. The molecule has 2 rings (SSSR count). The minimum atomic E-state index is -3.52. The van der Waals surface area contributed by atoms with Crippen molar-refractivity contribution in [3.63, 3.8) is 0 Å². The lowest BCUT2D eigenvalue weighted by molar-refractivity contribution is 0.410. The van der Waals surface area contributed by atoms with Crippen molar-refractivity contribution in [3.8, 4) is 6.07 Å². The van der Waals surface area contributed by atoms with E-state index in [1.54, 1.807) is 18.2 Å². The zero-order valence-corrected chi connectivity index (χ0v) is 13.0. The van der Waals surface area contributed by atoms with Gasteiger partial charge in [0.05, 0.1) is 11.0 Å². The second-order valence-electron chi connectivity index (χ2n) is 4.69. The standard InChI is InChI=1S/C13H15BrN2O2S/c1-10-3-6-13(12(14)9-10)19(17,18)16(8-2-7-15)11-4-5-11/h3,6,9,11H,2,4-5,8H2,1H3. The van der Waals surface area contributed by atoms with E-state index in [4.69, 9.17) is 5.26 Å². The van der Waals surface area contributed by atoms with Gasteiger partial charge in [0.15, 0.2) is 0 Å². The molecule has 1 aromatic rings. The molecule has 0 N–H and O–H groups in total. The van der Waals surface area contributed by atoms with Gasteiger partial charge in [-0.2, -0.15) is 9.57 Å². The minimum absolute atomic E-state index is 0.0616. The summed E-state index contributed by atoms with van der Waals surface area (Å²) in [6, 6.07) is 7.27. The largest absolute Gasteiger partial charge is 0.244 e. The number of sulfonamides is 1. The quantitative estimate of drug-likeness (QED) is 0.826. The van der Waals surface area contributed by atoms with Crippen molar-refractivity contribution in [1.82, 2.24) is 4.31 Å². The molecule has 0 atom stereocenters. The van der Waals surface area contributed by atoms with E-state index >= 15 is 0 Å². The predicted molar refractivity (Wildman–Crippen MR) is 76.0 cm³/mol. The molecule has 6 heteroatoms. The average Bonchev–Trinajstić information content (AvgIpc) is 3.13. The summed E-state index contributed by atoms with van der Waals surface area (Å²) >= 11 is 3.32. The summed E-state index contributed by atoms with van der Waals surface area (Å²) in [7, 11) is -3.52. The van der Waals surface area contributed by atoms with Gasteiger partial charge in [0.25, 0.3) is 0 Å². The average molecular weight is 343 g/mol. The number of rotatable bonds is 5. The first-order valence-corrected chi connectivity index (χ1v) is 8.35. The molecule has 0 unspecified atom stereocenters. The van der Waals surface area contributed by atoms with Crippen molar-refractivity contribution in [2.24, 2.45) is 0 Å². The van der Waals surface area contributed by atoms with Crippen molar-refractivity contribution in [1.29, 1.82) is 5.26 Å². The molecule has 0 radical (unpaired) electrons. The van der Waals surface area contributed by atoms with E-state index in [0.29, 0.717) is 4.47 Å². The lowest BCUT2D eigenvalue weighted by atomic mass is 10.2. The van der Waals surface area contributed by atoms with Crippen molar-refractivity contribution in [3.05, 3.63) is 28.2 Å². The molecule has 0 aliphatic heterocycles. The van der Waals surface area contributed by atoms with Crippen LogP contribution in [0.5, 0.6) is 0 Å². The van der Waals surface area contributed by atoms with Gasteiger partial charge in [-0.15, -0.1) is 0 Å². The van der Waals surface area contributed by atoms with Crippen LogP contribution in [0.15, 0.2) is 27.6 Å². The SMILES string of the molecule is Cc1ccc(S(=O)(=O)N(CCC#N)C2CC2)c(Br)c1. The molecular weight excluding hydrogens is 328 g/mol. The maximum absolute atomic E-state index is 12.6. The maximum atomic E-state index is 12.6. The van der Waals surface area contributed by atoms with Crippen molar-refractivity contribution in [2.75, 3.05) is 6.54 Å². The lowest BCUT2D eigenvalue weighted by Gasteiger charge is -2.21. The van der Waals surface area contributed by atoms with Gasteiger partial charge in [0, 0.05) is 23.5 Å². The van der Waals surface area contributed by atoms with Gasteiger partial charge in [0.1, 0.15) is 0 Å². The summed E-state index contributed by atoms with van der Waals surface area (Å²) in [6.45, 7) is 2.18. The zero-order chi connectivity index (χ0) is 14.0. The van der Waals surface area contributed by atoms with Crippen LogP contribution in [0.2, 0.25) is 0 Å². The molecule has 1 aromatic carbocycles. The van der Waals surface area contributed by atoms with Crippen LogP contribution in [-0.4, -0.2) is 25.3 Å². The summed E-state index contributed by atoms with van der Waals surface area (Å²) < 4.78 is 27.3. The number of hydrogen-bond donors (Lipinski definition) is 0. The molecule has 1 fully saturated rings. The zero-order valence-electron chi connectivity index (χ0n) is 10.6. The molecule has 0 saturated heterocycles. The van der Waals surface area contributed by atoms with Crippen LogP contribution in [0, 0.1) is 18.3 Å². The fourth-order valence-electron chi connectivity index (χ4n) is 1.96. The number of benzene rings is 1. The molecule has 102 valence electrons. The fraction of sp³-hybridized carbons (Fsp3) is 0.462. The van der Waals surface area contributed by atoms with Crippen molar-refractivity contribution < 1.29 is 8.42 Å². The van der Waals surface area contributed by atoms with Crippen LogP contribution in [0.25, 0.3) is 0 Å². The summed E-state index contributed by atoms with van der Waals surface area (Å²) in [5.41, 5.74) is 1.00. The van der Waals surface area contributed by atoms with Crippen molar-refractivity contribution in [2.45, 2.75) is 37.1 Å². The van der Waals surface area contributed by atoms with E-state index in [-0.39, 0.29) is 23.9 Å². The molecule has 19 heavy (non-hydrogen) atoms. The molecule has 1 saturated carbocycles. The Morgan fingerprint density at radius 1 is 1.47 bits per heavy atom. The Morgan fingerprint density at radius 2 is 2.16 bits per heavy atom. The van der Waals surface area contributed by atoms with Gasteiger partial charge >= 0.3 is 0 Å². The molecule has 0 amide bonds. The second-order valence-corrected chi connectivity index (χ2v) is 7.40. The Bertz CT molecular complexity index is 618. The topological polar surface area (TPSA) is 61.2 Å². The number of nitrogens with zero attached hydrogens (tertiary/aromatic N) is 2. The highest BCUT2D eigenvalue weighted by atomic mass is 79.9. The summed E-state index contributed by atoms with van der Waals surface area (Å²) in [6.07, 6.45) is 1.99. The van der Waals surface area contributed by atoms with Crippen LogP contribution in [-0.2, 0) is 10.0 Å². The predicted octanol–water partition coefficient (Wildman–Crippen LogP) is 2.82. The Hall–Kier alpha value is -0.900. The minimum Gasteiger partial charge on any atom is -0.207 e. The van der Waals surface area contributed by atoms with E-state index in [1.165, 1.54) is 4.31 Å². The van der Waals surface area contributed by atoms with Gasteiger partial charge in [-0.05, 0) is 53.4 Å². The molecule has 1 aliphatic carbocycles. The molecular formula is C13H15BrN2O2S. The highest BCUT2D eigenvalue weighted by Crippen LogP contribution is 2.34. The number of hydrogen-bond acceptors (Lipinski definition) is 3. The third-order valence-corrected chi connectivity index (χ3v) is 6.00. The molecule has 0 spiro atoms.